The molecule has 2 N–H and O–H groups in total. The number of carbonyl (C=O) groups is 1. The lowest BCUT2D eigenvalue weighted by Gasteiger charge is -2.10. The van der Waals surface area contributed by atoms with Gasteiger partial charge >= 0.3 is 0 Å². The first-order valence-corrected chi connectivity index (χ1v) is 7.27. The molecule has 0 aliphatic carbocycles. The molecule has 0 aliphatic rings. The van der Waals surface area contributed by atoms with Crippen molar-refractivity contribution in [3.05, 3.63) is 57.6 Å². The van der Waals surface area contributed by atoms with E-state index in [2.05, 4.69) is 16.7 Å². The maximum absolute atomic E-state index is 11.9. The van der Waals surface area contributed by atoms with Crippen LogP contribution in [-0.4, -0.2) is 12.5 Å². The van der Waals surface area contributed by atoms with Crippen LogP contribution in [0.1, 0.15) is 11.1 Å². The molecule has 0 aromatic heterocycles. The van der Waals surface area contributed by atoms with Crippen LogP contribution >= 0.6 is 23.2 Å². The van der Waals surface area contributed by atoms with E-state index in [0.717, 1.165) is 16.8 Å². The van der Waals surface area contributed by atoms with Gasteiger partial charge in [-0.1, -0.05) is 29.3 Å². The molecule has 0 heterocycles. The standard InChI is InChI=1S/C16H16Cl2N2O/c1-10-5-11(2)7-13(6-10)20-16(21)9-19-15-4-3-12(17)8-14(15)18/h3-8,19H,9H2,1-2H3,(H,20,21). The monoisotopic (exact) mass is 322 g/mol. The molecule has 3 nitrogen and oxygen atoms in total. The van der Waals surface area contributed by atoms with Crippen molar-refractivity contribution in [3.63, 3.8) is 0 Å². The van der Waals surface area contributed by atoms with Gasteiger partial charge in [0.15, 0.2) is 0 Å². The van der Waals surface area contributed by atoms with Gasteiger partial charge in [-0.25, -0.2) is 0 Å². The van der Waals surface area contributed by atoms with Crippen molar-refractivity contribution in [1.82, 2.24) is 0 Å². The summed E-state index contributed by atoms with van der Waals surface area (Å²) in [5.41, 5.74) is 3.69. The smallest absolute Gasteiger partial charge is 0.243 e. The third-order valence-corrected chi connectivity index (χ3v) is 3.42. The summed E-state index contributed by atoms with van der Waals surface area (Å²) < 4.78 is 0. The van der Waals surface area contributed by atoms with Crippen molar-refractivity contribution < 1.29 is 4.79 Å². The highest BCUT2D eigenvalue weighted by Gasteiger charge is 2.06. The number of hydrogen-bond acceptors (Lipinski definition) is 2. The van der Waals surface area contributed by atoms with Gasteiger partial charge in [-0.15, -0.1) is 0 Å². The lowest BCUT2D eigenvalue weighted by molar-refractivity contribution is -0.114. The van der Waals surface area contributed by atoms with Crippen molar-refractivity contribution in [1.29, 1.82) is 0 Å². The van der Waals surface area contributed by atoms with Crippen molar-refractivity contribution in [2.24, 2.45) is 0 Å². The maximum Gasteiger partial charge on any atom is 0.243 e. The Morgan fingerprint density at radius 2 is 1.71 bits per heavy atom. The number of halogens is 2. The molecule has 0 radical (unpaired) electrons. The molecule has 0 saturated carbocycles. The number of carbonyl (C=O) groups excluding carboxylic acids is 1. The van der Waals surface area contributed by atoms with Crippen LogP contribution in [0.15, 0.2) is 36.4 Å². The van der Waals surface area contributed by atoms with Crippen LogP contribution in [0.2, 0.25) is 10.0 Å². The van der Waals surface area contributed by atoms with Crippen LogP contribution in [0.25, 0.3) is 0 Å². The van der Waals surface area contributed by atoms with Crippen molar-refractivity contribution in [2.45, 2.75) is 13.8 Å². The van der Waals surface area contributed by atoms with Gasteiger partial charge in [0.1, 0.15) is 0 Å². The Bertz CT molecular complexity index is 651. The lowest BCUT2D eigenvalue weighted by Crippen LogP contribution is -2.21. The third kappa shape index (κ3) is 4.66. The van der Waals surface area contributed by atoms with E-state index in [4.69, 9.17) is 23.2 Å². The van der Waals surface area contributed by atoms with Crippen LogP contribution in [0.4, 0.5) is 11.4 Å². The zero-order valence-electron chi connectivity index (χ0n) is 11.8. The number of benzene rings is 2. The molecule has 0 aliphatic heterocycles. The zero-order chi connectivity index (χ0) is 15.4. The predicted molar refractivity (Wildman–Crippen MR) is 89.5 cm³/mol. The molecule has 2 rings (SSSR count). The summed E-state index contributed by atoms with van der Waals surface area (Å²) in [5, 5.41) is 6.89. The predicted octanol–water partition coefficient (Wildman–Crippen LogP) is 4.66. The highest BCUT2D eigenvalue weighted by molar-refractivity contribution is 6.36. The zero-order valence-corrected chi connectivity index (χ0v) is 13.3. The minimum Gasteiger partial charge on any atom is -0.375 e. The first-order valence-electron chi connectivity index (χ1n) is 6.51. The maximum atomic E-state index is 11.9. The van der Waals surface area contributed by atoms with Crippen LogP contribution in [-0.2, 0) is 4.79 Å². The second-order valence-electron chi connectivity index (χ2n) is 4.90. The fourth-order valence-corrected chi connectivity index (χ4v) is 2.54. The molecular formula is C16H16Cl2N2O. The molecule has 0 bridgehead atoms. The van der Waals surface area contributed by atoms with E-state index in [-0.39, 0.29) is 12.5 Å². The molecule has 0 spiro atoms. The summed E-state index contributed by atoms with van der Waals surface area (Å²) in [6, 6.07) is 11.0. The van der Waals surface area contributed by atoms with Gasteiger partial charge in [0, 0.05) is 10.7 Å². The fraction of sp³-hybridized carbons (Fsp3) is 0.188. The van der Waals surface area contributed by atoms with Crippen molar-refractivity contribution >= 4 is 40.5 Å². The quantitative estimate of drug-likeness (QED) is 0.859. The van der Waals surface area contributed by atoms with Gasteiger partial charge in [-0.05, 0) is 55.3 Å². The molecule has 21 heavy (non-hydrogen) atoms. The summed E-state index contributed by atoms with van der Waals surface area (Å²) in [6.07, 6.45) is 0. The highest BCUT2D eigenvalue weighted by Crippen LogP contribution is 2.25. The molecule has 1 amide bonds. The minimum atomic E-state index is -0.133. The van der Waals surface area contributed by atoms with Gasteiger partial charge in [-0.3, -0.25) is 4.79 Å². The molecule has 110 valence electrons. The fourth-order valence-electron chi connectivity index (χ4n) is 2.06. The van der Waals surface area contributed by atoms with Gasteiger partial charge in [0.2, 0.25) is 5.91 Å². The van der Waals surface area contributed by atoms with E-state index in [1.165, 1.54) is 0 Å². The average Bonchev–Trinajstić information content (AvgIpc) is 2.36. The number of nitrogens with one attached hydrogen (secondary N) is 2. The van der Waals surface area contributed by atoms with E-state index >= 15 is 0 Å². The Morgan fingerprint density at radius 3 is 2.33 bits per heavy atom. The number of anilines is 2. The van der Waals surface area contributed by atoms with Gasteiger partial charge in [0.05, 0.1) is 17.3 Å². The van der Waals surface area contributed by atoms with E-state index in [1.54, 1.807) is 18.2 Å². The summed E-state index contributed by atoms with van der Waals surface area (Å²) >= 11 is 11.9. The highest BCUT2D eigenvalue weighted by atomic mass is 35.5. The van der Waals surface area contributed by atoms with Crippen LogP contribution in [0, 0.1) is 13.8 Å². The van der Waals surface area contributed by atoms with Crippen LogP contribution < -0.4 is 10.6 Å². The van der Waals surface area contributed by atoms with Crippen LogP contribution in [0.3, 0.4) is 0 Å². The largest absolute Gasteiger partial charge is 0.375 e. The summed E-state index contributed by atoms with van der Waals surface area (Å²) in [7, 11) is 0. The molecule has 0 atom stereocenters. The molecule has 2 aromatic carbocycles. The first-order chi connectivity index (χ1) is 9.94. The molecule has 0 unspecified atom stereocenters. The second-order valence-corrected chi connectivity index (χ2v) is 5.75. The summed E-state index contributed by atoms with van der Waals surface area (Å²) in [5.74, 6) is -0.133. The topological polar surface area (TPSA) is 41.1 Å². The van der Waals surface area contributed by atoms with Gasteiger partial charge in [0.25, 0.3) is 0 Å². The molecular weight excluding hydrogens is 307 g/mol. The molecule has 0 saturated heterocycles. The Balaban J connectivity index is 1.95. The summed E-state index contributed by atoms with van der Waals surface area (Å²) in [6.45, 7) is 4.12. The normalized spacial score (nSPS) is 10.3. The molecule has 5 heteroatoms. The number of hydrogen-bond donors (Lipinski definition) is 2. The SMILES string of the molecule is Cc1cc(C)cc(NC(=O)CNc2ccc(Cl)cc2Cl)c1. The number of amides is 1. The Hall–Kier alpha value is -1.71. The molecule has 2 aromatic rings. The van der Waals surface area contributed by atoms with E-state index < -0.39 is 0 Å². The Labute approximate surface area is 134 Å². The molecule has 0 fully saturated rings. The van der Waals surface area contributed by atoms with Gasteiger partial charge in [-0.2, -0.15) is 0 Å². The van der Waals surface area contributed by atoms with Crippen molar-refractivity contribution in [2.75, 3.05) is 17.2 Å². The third-order valence-electron chi connectivity index (χ3n) is 2.88. The average molecular weight is 323 g/mol. The number of aryl methyl sites for hydroxylation is 2. The van der Waals surface area contributed by atoms with Gasteiger partial charge < -0.3 is 10.6 Å². The van der Waals surface area contributed by atoms with Crippen molar-refractivity contribution in [3.8, 4) is 0 Å². The Morgan fingerprint density at radius 1 is 1.05 bits per heavy atom. The van der Waals surface area contributed by atoms with Crippen LogP contribution in [0.5, 0.6) is 0 Å². The van der Waals surface area contributed by atoms with E-state index in [0.29, 0.717) is 15.7 Å². The minimum absolute atomic E-state index is 0.133. The first kappa shape index (κ1) is 15.7. The number of rotatable bonds is 4. The second kappa shape index (κ2) is 6.83. The summed E-state index contributed by atoms with van der Waals surface area (Å²) in [4.78, 5) is 11.9. The Kier molecular flexibility index (Phi) is 5.10. The van der Waals surface area contributed by atoms with E-state index in [1.807, 2.05) is 26.0 Å². The lowest BCUT2D eigenvalue weighted by atomic mass is 10.1. The van der Waals surface area contributed by atoms with E-state index in [9.17, 15) is 4.79 Å².